The zero-order chi connectivity index (χ0) is 22.6. The largest absolute Gasteiger partial charge is 0.494 e. The summed E-state index contributed by atoms with van der Waals surface area (Å²) in [6.07, 6.45) is 0. The van der Waals surface area contributed by atoms with Crippen LogP contribution in [0.2, 0.25) is 0 Å². The zero-order valence-electron chi connectivity index (χ0n) is 17.9. The molecule has 2 aromatic rings. The van der Waals surface area contributed by atoms with Gasteiger partial charge in [-0.1, -0.05) is 12.1 Å². The summed E-state index contributed by atoms with van der Waals surface area (Å²) >= 11 is 0. The Labute approximate surface area is 183 Å². The predicted molar refractivity (Wildman–Crippen MR) is 122 cm³/mol. The van der Waals surface area contributed by atoms with Crippen LogP contribution < -0.4 is 20.8 Å². The number of rotatable bonds is 6. The molecule has 2 aromatic carbocycles. The van der Waals surface area contributed by atoms with Gasteiger partial charge in [0.15, 0.2) is 11.0 Å². The van der Waals surface area contributed by atoms with E-state index in [9.17, 15) is 13.8 Å². The summed E-state index contributed by atoms with van der Waals surface area (Å²) in [5.41, 5.74) is 3.22. The maximum atomic E-state index is 13.2. The van der Waals surface area contributed by atoms with Crippen molar-refractivity contribution in [2.24, 2.45) is 5.10 Å². The molecule has 0 bridgehead atoms. The highest BCUT2D eigenvalue weighted by molar-refractivity contribution is 7.88. The van der Waals surface area contributed by atoms with E-state index in [1.54, 1.807) is 48.5 Å². The van der Waals surface area contributed by atoms with Crippen molar-refractivity contribution in [1.82, 2.24) is 5.43 Å². The van der Waals surface area contributed by atoms with E-state index in [1.807, 2.05) is 27.7 Å². The Balaban J connectivity index is 1.92. The Kier molecular flexibility index (Phi) is 6.74. The average molecular weight is 443 g/mol. The van der Waals surface area contributed by atoms with Gasteiger partial charge >= 0.3 is 0 Å². The molecule has 3 N–H and O–H groups in total. The van der Waals surface area contributed by atoms with Gasteiger partial charge in [0, 0.05) is 11.2 Å². The quantitative estimate of drug-likeness (QED) is 0.471. The summed E-state index contributed by atoms with van der Waals surface area (Å²) in [7, 11) is -1.79. The second-order valence-corrected chi connectivity index (χ2v) is 9.44. The van der Waals surface area contributed by atoms with E-state index in [0.717, 1.165) is 0 Å². The van der Waals surface area contributed by atoms with E-state index >= 15 is 0 Å². The fourth-order valence-corrected chi connectivity index (χ4v) is 4.26. The van der Waals surface area contributed by atoms with Crippen LogP contribution in [0.5, 0.6) is 5.75 Å². The van der Waals surface area contributed by atoms with Crippen LogP contribution in [0.15, 0.2) is 58.5 Å². The molecular weight excluding hydrogens is 416 g/mol. The van der Waals surface area contributed by atoms with Crippen molar-refractivity contribution < 1.29 is 18.5 Å². The number of hydrazone groups is 1. The molecule has 0 fully saturated rings. The molecule has 0 radical (unpaired) electrons. The van der Waals surface area contributed by atoms with Gasteiger partial charge < -0.3 is 20.8 Å². The maximum absolute atomic E-state index is 13.2. The molecule has 164 valence electrons. The third-order valence-corrected chi connectivity index (χ3v) is 5.88. The molecule has 1 heterocycles. The van der Waals surface area contributed by atoms with Gasteiger partial charge in [-0.15, -0.1) is 0 Å². The van der Waals surface area contributed by atoms with Gasteiger partial charge in [0.1, 0.15) is 5.75 Å². The Morgan fingerprint density at radius 2 is 1.84 bits per heavy atom. The van der Waals surface area contributed by atoms with Crippen LogP contribution in [-0.2, 0) is 20.4 Å². The molecule has 2 atom stereocenters. The Morgan fingerprint density at radius 1 is 1.16 bits per heavy atom. The van der Waals surface area contributed by atoms with Gasteiger partial charge in [-0.2, -0.15) is 5.10 Å². The summed E-state index contributed by atoms with van der Waals surface area (Å²) in [5, 5.41) is 8.41. The molecule has 1 aliphatic rings. The van der Waals surface area contributed by atoms with Crippen molar-refractivity contribution in [3.05, 3.63) is 48.5 Å². The molecule has 0 aliphatic carbocycles. The first-order valence-corrected chi connectivity index (χ1v) is 11.1. The van der Waals surface area contributed by atoms with E-state index in [1.165, 1.54) is 0 Å². The second-order valence-electron chi connectivity index (χ2n) is 7.93. The number of carbonyl (C=O) groups excluding carboxylic acids is 2. The van der Waals surface area contributed by atoms with Gasteiger partial charge in [-0.3, -0.25) is 13.8 Å². The minimum Gasteiger partial charge on any atom is -0.494 e. The Hall–Kier alpha value is -3.20. The number of para-hydroxylation sites is 1. The van der Waals surface area contributed by atoms with Crippen molar-refractivity contribution in [2.75, 3.05) is 17.2 Å². The molecule has 8 nitrogen and oxygen atoms in total. The lowest BCUT2D eigenvalue weighted by atomic mass is 10.1. The van der Waals surface area contributed by atoms with Crippen LogP contribution in [0.25, 0.3) is 0 Å². The van der Waals surface area contributed by atoms with E-state index in [-0.39, 0.29) is 5.71 Å². The van der Waals surface area contributed by atoms with Crippen LogP contribution in [0, 0.1) is 0 Å². The van der Waals surface area contributed by atoms with E-state index in [2.05, 4.69) is 21.2 Å². The molecule has 31 heavy (non-hydrogen) atoms. The molecule has 2 amide bonds. The summed E-state index contributed by atoms with van der Waals surface area (Å²) in [6.45, 7) is 8.02. The number of carbonyl (C=O) groups is 2. The number of anilines is 2. The Morgan fingerprint density at radius 3 is 2.48 bits per heavy atom. The third-order valence-electron chi connectivity index (χ3n) is 4.23. The van der Waals surface area contributed by atoms with E-state index in [4.69, 9.17) is 4.74 Å². The van der Waals surface area contributed by atoms with Crippen LogP contribution >= 0.6 is 0 Å². The summed E-state index contributed by atoms with van der Waals surface area (Å²) < 4.78 is 18.6. The monoisotopic (exact) mass is 442 g/mol. The van der Waals surface area contributed by atoms with Gasteiger partial charge in [0.05, 0.1) is 28.0 Å². The molecule has 0 saturated heterocycles. The first kappa shape index (κ1) is 22.5. The molecule has 0 spiro atoms. The SMILES string of the molecule is CCOc1ccc(NC(=O)/C(=N\NC(C)(C)C)C2C(=O)Nc3ccccc3S2=O)cc1. The molecule has 1 aliphatic heterocycles. The van der Waals surface area contributed by atoms with Crippen LogP contribution in [-0.4, -0.2) is 39.1 Å². The number of ether oxygens (including phenoxy) is 1. The van der Waals surface area contributed by atoms with E-state index < -0.39 is 33.4 Å². The minimum absolute atomic E-state index is 0.158. The second kappa shape index (κ2) is 9.30. The van der Waals surface area contributed by atoms with Crippen LogP contribution in [0.3, 0.4) is 0 Å². The molecule has 0 aromatic heterocycles. The Bertz CT molecular complexity index is 1030. The van der Waals surface area contributed by atoms with Crippen molar-refractivity contribution in [2.45, 2.75) is 43.4 Å². The van der Waals surface area contributed by atoms with Crippen molar-refractivity contribution in [3.8, 4) is 5.75 Å². The number of nitrogens with one attached hydrogen (secondary N) is 3. The first-order chi connectivity index (χ1) is 14.7. The fraction of sp³-hybridized carbons (Fsp3) is 0.318. The van der Waals surface area contributed by atoms with Crippen molar-refractivity contribution in [3.63, 3.8) is 0 Å². The van der Waals surface area contributed by atoms with Crippen molar-refractivity contribution >= 4 is 39.7 Å². The van der Waals surface area contributed by atoms with Gasteiger partial charge in [-0.25, -0.2) is 0 Å². The number of amides is 2. The molecular formula is C22H26N4O4S. The normalized spacial score (nSPS) is 18.6. The number of hydrogen-bond acceptors (Lipinski definition) is 6. The van der Waals surface area contributed by atoms with E-state index in [0.29, 0.717) is 28.6 Å². The number of benzene rings is 2. The highest BCUT2D eigenvalue weighted by Gasteiger charge is 2.40. The predicted octanol–water partition coefficient (Wildman–Crippen LogP) is 2.90. The van der Waals surface area contributed by atoms with Crippen LogP contribution in [0.4, 0.5) is 11.4 Å². The van der Waals surface area contributed by atoms with Crippen LogP contribution in [0.1, 0.15) is 27.7 Å². The zero-order valence-corrected chi connectivity index (χ0v) is 18.7. The number of hydrogen-bond donors (Lipinski definition) is 3. The lowest BCUT2D eigenvalue weighted by Crippen LogP contribution is -2.48. The van der Waals surface area contributed by atoms with Gasteiger partial charge in [0.2, 0.25) is 5.91 Å². The fourth-order valence-electron chi connectivity index (χ4n) is 2.85. The maximum Gasteiger partial charge on any atom is 0.273 e. The minimum atomic E-state index is -1.79. The molecule has 0 saturated carbocycles. The van der Waals surface area contributed by atoms with Crippen molar-refractivity contribution in [1.29, 1.82) is 0 Å². The van der Waals surface area contributed by atoms with Gasteiger partial charge in [0.25, 0.3) is 5.91 Å². The van der Waals surface area contributed by atoms with Gasteiger partial charge in [-0.05, 0) is 64.1 Å². The highest BCUT2D eigenvalue weighted by Crippen LogP contribution is 2.28. The standard InChI is InChI=1S/C22H26N4O4S/c1-5-30-15-12-10-14(11-13-15)23-20(27)18(25-26-22(2,3)4)19-21(28)24-16-8-6-7-9-17(16)31(19)29/h6-13,19,26H,5H2,1-4H3,(H,23,27)(H,24,28)/b25-18-. The number of fused-ring (bicyclic) bond motifs is 1. The molecule has 2 unspecified atom stereocenters. The smallest absolute Gasteiger partial charge is 0.273 e. The summed E-state index contributed by atoms with van der Waals surface area (Å²) in [6, 6.07) is 13.6. The molecule has 9 heteroatoms. The number of nitrogens with zero attached hydrogens (tertiary/aromatic N) is 1. The first-order valence-electron chi connectivity index (χ1n) is 9.89. The topological polar surface area (TPSA) is 109 Å². The summed E-state index contributed by atoms with van der Waals surface area (Å²) in [4.78, 5) is 26.4. The third kappa shape index (κ3) is 5.49. The lowest BCUT2D eigenvalue weighted by molar-refractivity contribution is -0.116. The summed E-state index contributed by atoms with van der Waals surface area (Å²) in [5.74, 6) is -0.490. The lowest BCUT2D eigenvalue weighted by Gasteiger charge is -2.26. The highest BCUT2D eigenvalue weighted by atomic mass is 32.2. The average Bonchev–Trinajstić information content (AvgIpc) is 2.71. The molecule has 3 rings (SSSR count).